The zero-order valence-corrected chi connectivity index (χ0v) is 18.5. The van der Waals surface area contributed by atoms with Crippen LogP contribution in [0.5, 0.6) is 0 Å². The van der Waals surface area contributed by atoms with Crippen molar-refractivity contribution in [2.24, 2.45) is 0 Å². The van der Waals surface area contributed by atoms with Crippen LogP contribution in [0.25, 0.3) is 22.2 Å². The number of halogens is 3. The van der Waals surface area contributed by atoms with Gasteiger partial charge in [-0.3, -0.25) is 0 Å². The number of aryl methyl sites for hydroxylation is 3. The van der Waals surface area contributed by atoms with E-state index in [0.29, 0.717) is 29.6 Å². The Morgan fingerprint density at radius 1 is 0.875 bits per heavy atom. The van der Waals surface area contributed by atoms with Crippen LogP contribution in [-0.2, 0) is 19.3 Å². The number of rotatable bonds is 7. The topological polar surface area (TPSA) is 25.8 Å². The lowest BCUT2D eigenvalue weighted by molar-refractivity contribution is 0.617. The molecule has 0 saturated carbocycles. The van der Waals surface area contributed by atoms with Gasteiger partial charge in [0, 0.05) is 23.3 Å². The molecule has 0 atom stereocenters. The van der Waals surface area contributed by atoms with E-state index >= 15 is 4.39 Å². The third-order valence-electron chi connectivity index (χ3n) is 5.50. The van der Waals surface area contributed by atoms with Crippen LogP contribution >= 0.6 is 11.6 Å². The molecule has 0 spiro atoms. The average molecular weight is 449 g/mol. The first-order chi connectivity index (χ1) is 15.5. The molecule has 0 bridgehead atoms. The van der Waals surface area contributed by atoms with Gasteiger partial charge in [-0.1, -0.05) is 54.1 Å². The zero-order valence-electron chi connectivity index (χ0n) is 17.8. The molecule has 0 N–H and O–H groups in total. The molecule has 3 aromatic carbocycles. The van der Waals surface area contributed by atoms with E-state index in [1.54, 1.807) is 18.2 Å². The summed E-state index contributed by atoms with van der Waals surface area (Å²) in [5, 5.41) is 1.44. The van der Waals surface area contributed by atoms with Crippen LogP contribution in [0.15, 0.2) is 73.1 Å². The summed E-state index contributed by atoms with van der Waals surface area (Å²) in [5.74, 6) is -0.0802. The van der Waals surface area contributed by atoms with Crippen molar-refractivity contribution in [3.05, 3.63) is 106 Å². The summed E-state index contributed by atoms with van der Waals surface area (Å²) in [6.45, 7) is 2.01. The molecular formula is C27H23ClF2N2. The first-order valence-electron chi connectivity index (χ1n) is 10.6. The van der Waals surface area contributed by atoms with Gasteiger partial charge < -0.3 is 0 Å². The van der Waals surface area contributed by atoms with E-state index in [-0.39, 0.29) is 10.8 Å². The predicted molar refractivity (Wildman–Crippen MR) is 127 cm³/mol. The fraction of sp³-hybridized carbons (Fsp3) is 0.185. The van der Waals surface area contributed by atoms with Gasteiger partial charge in [-0.15, -0.1) is 0 Å². The van der Waals surface area contributed by atoms with Gasteiger partial charge in [0.25, 0.3) is 0 Å². The van der Waals surface area contributed by atoms with Gasteiger partial charge >= 0.3 is 0 Å². The smallest absolute Gasteiger partial charge is 0.159 e. The molecule has 162 valence electrons. The van der Waals surface area contributed by atoms with Gasteiger partial charge in [-0.2, -0.15) is 0 Å². The summed E-state index contributed by atoms with van der Waals surface area (Å²) < 4.78 is 28.8. The molecule has 0 unspecified atom stereocenters. The highest BCUT2D eigenvalue weighted by Gasteiger charge is 2.11. The van der Waals surface area contributed by atoms with E-state index in [0.717, 1.165) is 34.9 Å². The van der Waals surface area contributed by atoms with Crippen LogP contribution in [0.4, 0.5) is 8.78 Å². The minimum absolute atomic E-state index is 0.0914. The monoisotopic (exact) mass is 448 g/mol. The number of hydrogen-bond acceptors (Lipinski definition) is 2. The van der Waals surface area contributed by atoms with Crippen molar-refractivity contribution in [2.75, 3.05) is 0 Å². The molecule has 2 nitrogen and oxygen atoms in total. The predicted octanol–water partition coefficient (Wildman–Crippen LogP) is 7.52. The second kappa shape index (κ2) is 10.0. The molecular weight excluding hydrogens is 426 g/mol. The van der Waals surface area contributed by atoms with E-state index in [4.69, 9.17) is 11.6 Å². The van der Waals surface area contributed by atoms with Crippen LogP contribution in [0.1, 0.15) is 30.0 Å². The zero-order chi connectivity index (χ0) is 22.5. The molecule has 32 heavy (non-hydrogen) atoms. The highest BCUT2D eigenvalue weighted by Crippen LogP contribution is 2.27. The quantitative estimate of drug-likeness (QED) is 0.273. The molecule has 0 saturated heterocycles. The molecule has 0 radical (unpaired) electrons. The average Bonchev–Trinajstić information content (AvgIpc) is 2.81. The standard InChI is InChI=1S/C27H23ClF2N2/c1-2-3-4-5-19-16-31-27(32-17-19)22-11-12-23-21(15-22)10-9-20(26(23)30)8-6-18-7-13-24(28)25(29)14-18/h2-3,7,9-17H,4-6,8H2,1H3/b3-2+. The molecule has 4 aromatic rings. The van der Waals surface area contributed by atoms with E-state index in [1.165, 1.54) is 12.1 Å². The van der Waals surface area contributed by atoms with Crippen molar-refractivity contribution in [1.29, 1.82) is 0 Å². The second-order valence-electron chi connectivity index (χ2n) is 7.75. The number of hydrogen-bond donors (Lipinski definition) is 0. The fourth-order valence-electron chi connectivity index (χ4n) is 3.69. The van der Waals surface area contributed by atoms with Crippen LogP contribution in [-0.4, -0.2) is 9.97 Å². The number of fused-ring (bicyclic) bond motifs is 1. The van der Waals surface area contributed by atoms with Crippen molar-refractivity contribution >= 4 is 22.4 Å². The maximum Gasteiger partial charge on any atom is 0.159 e. The lowest BCUT2D eigenvalue weighted by atomic mass is 9.99. The second-order valence-corrected chi connectivity index (χ2v) is 8.15. The van der Waals surface area contributed by atoms with Gasteiger partial charge in [-0.05, 0) is 72.9 Å². The first kappa shape index (κ1) is 22.1. The molecule has 0 aliphatic heterocycles. The largest absolute Gasteiger partial charge is 0.236 e. The van der Waals surface area contributed by atoms with Gasteiger partial charge in [-0.25, -0.2) is 18.7 Å². The molecule has 0 fully saturated rings. The molecule has 0 aliphatic rings. The van der Waals surface area contributed by atoms with Crippen LogP contribution in [0.3, 0.4) is 0 Å². The Kier molecular flexibility index (Phi) is 6.91. The third-order valence-corrected chi connectivity index (χ3v) is 5.81. The van der Waals surface area contributed by atoms with Gasteiger partial charge in [0.2, 0.25) is 0 Å². The van der Waals surface area contributed by atoms with Crippen molar-refractivity contribution < 1.29 is 8.78 Å². The van der Waals surface area contributed by atoms with Crippen molar-refractivity contribution in [3.8, 4) is 11.4 Å². The highest BCUT2D eigenvalue weighted by atomic mass is 35.5. The highest BCUT2D eigenvalue weighted by molar-refractivity contribution is 6.30. The molecule has 0 aliphatic carbocycles. The van der Waals surface area contributed by atoms with Crippen molar-refractivity contribution in [3.63, 3.8) is 0 Å². The maximum atomic E-state index is 15.1. The Morgan fingerprint density at radius 3 is 2.44 bits per heavy atom. The Hall–Kier alpha value is -3.11. The third kappa shape index (κ3) is 5.03. The fourth-order valence-corrected chi connectivity index (χ4v) is 3.81. The van der Waals surface area contributed by atoms with E-state index in [2.05, 4.69) is 16.0 Å². The Balaban J connectivity index is 1.52. The maximum absolute atomic E-state index is 15.1. The van der Waals surface area contributed by atoms with Crippen molar-refractivity contribution in [2.45, 2.75) is 32.6 Å². The van der Waals surface area contributed by atoms with Crippen LogP contribution < -0.4 is 0 Å². The molecule has 1 aromatic heterocycles. The Bertz CT molecular complexity index is 1270. The summed E-state index contributed by atoms with van der Waals surface area (Å²) in [5.41, 5.74) is 3.32. The lowest BCUT2D eigenvalue weighted by Crippen LogP contribution is -1.97. The summed E-state index contributed by atoms with van der Waals surface area (Å²) in [7, 11) is 0. The van der Waals surface area contributed by atoms with Crippen molar-refractivity contribution in [1.82, 2.24) is 9.97 Å². The van der Waals surface area contributed by atoms with E-state index < -0.39 is 5.82 Å². The summed E-state index contributed by atoms with van der Waals surface area (Å²) in [6, 6.07) is 13.9. The van der Waals surface area contributed by atoms with E-state index in [1.807, 2.05) is 43.6 Å². The molecule has 5 heteroatoms. The number of aromatic nitrogens is 2. The van der Waals surface area contributed by atoms with Gasteiger partial charge in [0.15, 0.2) is 5.82 Å². The first-order valence-corrected chi connectivity index (χ1v) is 11.0. The molecule has 4 rings (SSSR count). The molecule has 1 heterocycles. The SMILES string of the molecule is C/C=C/CCc1cnc(-c2ccc3c(F)c(CCc4ccc(Cl)c(F)c4)ccc3c2)nc1. The molecule has 0 amide bonds. The Morgan fingerprint density at radius 2 is 1.69 bits per heavy atom. The number of benzene rings is 3. The van der Waals surface area contributed by atoms with Crippen LogP contribution in [0, 0.1) is 11.6 Å². The Labute approximate surface area is 191 Å². The van der Waals surface area contributed by atoms with Gasteiger partial charge in [0.05, 0.1) is 5.02 Å². The van der Waals surface area contributed by atoms with Gasteiger partial charge in [0.1, 0.15) is 11.6 Å². The van der Waals surface area contributed by atoms with Crippen LogP contribution in [0.2, 0.25) is 5.02 Å². The number of allylic oxidation sites excluding steroid dienone is 2. The minimum atomic E-state index is -0.455. The normalized spacial score (nSPS) is 11.5. The summed E-state index contributed by atoms with van der Waals surface area (Å²) >= 11 is 5.73. The minimum Gasteiger partial charge on any atom is -0.236 e. The summed E-state index contributed by atoms with van der Waals surface area (Å²) in [6.07, 6.45) is 10.7. The summed E-state index contributed by atoms with van der Waals surface area (Å²) in [4.78, 5) is 8.96. The number of nitrogens with zero attached hydrogens (tertiary/aromatic N) is 2. The lowest BCUT2D eigenvalue weighted by Gasteiger charge is -2.09. The van der Waals surface area contributed by atoms with E-state index in [9.17, 15) is 4.39 Å².